The molecule has 0 bridgehead atoms. The number of nitrogens with two attached hydrogens (primary N) is 2. The van der Waals surface area contributed by atoms with Crippen molar-refractivity contribution in [1.82, 2.24) is 0 Å². The third kappa shape index (κ3) is 3.35. The van der Waals surface area contributed by atoms with Crippen LogP contribution in [0.2, 0.25) is 0 Å². The Morgan fingerprint density at radius 3 is 2.33 bits per heavy atom. The van der Waals surface area contributed by atoms with Crippen molar-refractivity contribution in [2.45, 2.75) is 26.4 Å². The predicted molar refractivity (Wildman–Crippen MR) is 100 cm³/mol. The topological polar surface area (TPSA) is 90.4 Å². The maximum Gasteiger partial charge on any atom is 0.412 e. The van der Waals surface area contributed by atoms with Crippen LogP contribution in [0.15, 0.2) is 42.5 Å². The van der Waals surface area contributed by atoms with E-state index in [0.717, 1.165) is 21.5 Å². The fourth-order valence-electron chi connectivity index (χ4n) is 2.67. The van der Waals surface area contributed by atoms with E-state index in [0.29, 0.717) is 17.1 Å². The van der Waals surface area contributed by atoms with E-state index in [1.165, 1.54) is 0 Å². The van der Waals surface area contributed by atoms with Crippen LogP contribution in [0.4, 0.5) is 21.9 Å². The maximum atomic E-state index is 12.1. The zero-order valence-electron chi connectivity index (χ0n) is 14.0. The first-order valence-corrected chi connectivity index (χ1v) is 7.74. The van der Waals surface area contributed by atoms with Gasteiger partial charge in [0.05, 0.1) is 5.69 Å². The molecule has 124 valence electrons. The Hall–Kier alpha value is -2.95. The number of hydrogen-bond acceptors (Lipinski definition) is 4. The highest BCUT2D eigenvalue weighted by atomic mass is 16.6. The summed E-state index contributed by atoms with van der Waals surface area (Å²) in [5.41, 5.74) is 13.2. The van der Waals surface area contributed by atoms with Gasteiger partial charge in [-0.3, -0.25) is 5.32 Å². The van der Waals surface area contributed by atoms with Gasteiger partial charge in [0.15, 0.2) is 0 Å². The normalized spacial score (nSPS) is 11.6. The van der Waals surface area contributed by atoms with Gasteiger partial charge in [0.2, 0.25) is 0 Å². The SMILES string of the molecule is CC(C)(C)OC(=O)Nc1cc(N)cc2cc3cc(N)ccc3cc12. The molecular formula is C19H21N3O2. The van der Waals surface area contributed by atoms with Crippen LogP contribution < -0.4 is 16.8 Å². The summed E-state index contributed by atoms with van der Waals surface area (Å²) in [6, 6.07) is 13.4. The number of carbonyl (C=O) groups is 1. The van der Waals surface area contributed by atoms with Gasteiger partial charge in [-0.1, -0.05) is 6.07 Å². The molecule has 1 amide bonds. The molecule has 0 saturated carbocycles. The van der Waals surface area contributed by atoms with Crippen LogP contribution in [0, 0.1) is 0 Å². The Morgan fingerprint density at radius 1 is 0.917 bits per heavy atom. The van der Waals surface area contributed by atoms with Gasteiger partial charge in [0.25, 0.3) is 0 Å². The van der Waals surface area contributed by atoms with Crippen LogP contribution in [-0.2, 0) is 4.74 Å². The van der Waals surface area contributed by atoms with Crippen molar-refractivity contribution in [3.63, 3.8) is 0 Å². The van der Waals surface area contributed by atoms with Crippen molar-refractivity contribution >= 4 is 44.7 Å². The van der Waals surface area contributed by atoms with Crippen LogP contribution in [0.1, 0.15) is 20.8 Å². The Morgan fingerprint density at radius 2 is 1.62 bits per heavy atom. The summed E-state index contributed by atoms with van der Waals surface area (Å²) >= 11 is 0. The van der Waals surface area contributed by atoms with Crippen molar-refractivity contribution in [3.8, 4) is 0 Å². The molecule has 0 aliphatic heterocycles. The number of fused-ring (bicyclic) bond motifs is 2. The Labute approximate surface area is 140 Å². The Kier molecular flexibility index (Phi) is 3.72. The minimum absolute atomic E-state index is 0.508. The molecule has 5 heteroatoms. The number of anilines is 3. The monoisotopic (exact) mass is 323 g/mol. The third-order valence-corrected chi connectivity index (χ3v) is 3.59. The molecule has 0 heterocycles. The van der Waals surface area contributed by atoms with Crippen molar-refractivity contribution < 1.29 is 9.53 Å². The first kappa shape index (κ1) is 15.9. The first-order chi connectivity index (χ1) is 11.2. The average Bonchev–Trinajstić information content (AvgIpc) is 2.43. The average molecular weight is 323 g/mol. The molecule has 0 atom stereocenters. The van der Waals surface area contributed by atoms with E-state index in [2.05, 4.69) is 5.32 Å². The van der Waals surface area contributed by atoms with Crippen LogP contribution >= 0.6 is 0 Å². The van der Waals surface area contributed by atoms with Gasteiger partial charge < -0.3 is 16.2 Å². The fraction of sp³-hybridized carbons (Fsp3) is 0.211. The standard InChI is InChI=1S/C19H21N3O2/c1-19(2,3)24-18(23)22-17-10-15(21)8-13-6-12-7-14(20)5-4-11(12)9-16(13)17/h4-10H,20-21H2,1-3H3,(H,22,23). The Balaban J connectivity index is 2.10. The van der Waals surface area contributed by atoms with Crippen molar-refractivity contribution in [2.24, 2.45) is 0 Å². The van der Waals surface area contributed by atoms with Gasteiger partial charge in [-0.05, 0) is 73.3 Å². The summed E-state index contributed by atoms with van der Waals surface area (Å²) in [4.78, 5) is 12.1. The largest absolute Gasteiger partial charge is 0.444 e. The molecule has 0 spiro atoms. The molecular weight excluding hydrogens is 302 g/mol. The van der Waals surface area contributed by atoms with Crippen molar-refractivity contribution in [3.05, 3.63) is 42.5 Å². The van der Waals surface area contributed by atoms with Crippen molar-refractivity contribution in [2.75, 3.05) is 16.8 Å². The minimum Gasteiger partial charge on any atom is -0.444 e. The molecule has 0 aliphatic carbocycles. The number of nitrogen functional groups attached to an aromatic ring is 2. The number of benzene rings is 3. The second-order valence-corrected chi connectivity index (χ2v) is 6.88. The first-order valence-electron chi connectivity index (χ1n) is 7.74. The van der Waals surface area contributed by atoms with E-state index >= 15 is 0 Å². The van der Waals surface area contributed by atoms with Crippen molar-refractivity contribution in [1.29, 1.82) is 0 Å². The summed E-state index contributed by atoms with van der Waals surface area (Å²) in [5, 5.41) is 6.68. The van der Waals surface area contributed by atoms with E-state index in [1.54, 1.807) is 6.07 Å². The second kappa shape index (κ2) is 5.60. The van der Waals surface area contributed by atoms with Gasteiger partial charge in [-0.15, -0.1) is 0 Å². The molecule has 0 saturated heterocycles. The molecule has 5 N–H and O–H groups in total. The van der Waals surface area contributed by atoms with Gasteiger partial charge in [-0.2, -0.15) is 0 Å². The number of amides is 1. The highest BCUT2D eigenvalue weighted by Crippen LogP contribution is 2.32. The third-order valence-electron chi connectivity index (χ3n) is 3.59. The van der Waals surface area contributed by atoms with E-state index in [1.807, 2.05) is 57.2 Å². The molecule has 0 unspecified atom stereocenters. The molecule has 24 heavy (non-hydrogen) atoms. The fourth-order valence-corrected chi connectivity index (χ4v) is 2.67. The van der Waals surface area contributed by atoms with Crippen LogP contribution in [0.3, 0.4) is 0 Å². The van der Waals surface area contributed by atoms with E-state index in [-0.39, 0.29) is 0 Å². The van der Waals surface area contributed by atoms with Gasteiger partial charge in [0.1, 0.15) is 5.60 Å². The number of rotatable bonds is 1. The lowest BCUT2D eigenvalue weighted by molar-refractivity contribution is 0.0636. The van der Waals surface area contributed by atoms with Crippen LogP contribution in [-0.4, -0.2) is 11.7 Å². The second-order valence-electron chi connectivity index (χ2n) is 6.88. The molecule has 3 aromatic rings. The van der Waals surface area contributed by atoms with Gasteiger partial charge in [-0.25, -0.2) is 4.79 Å². The quantitative estimate of drug-likeness (QED) is 0.454. The molecule has 0 aromatic heterocycles. The number of ether oxygens (including phenoxy) is 1. The summed E-state index contributed by atoms with van der Waals surface area (Å²) in [5.74, 6) is 0. The minimum atomic E-state index is -0.565. The summed E-state index contributed by atoms with van der Waals surface area (Å²) < 4.78 is 5.33. The molecule has 3 rings (SSSR count). The van der Waals surface area contributed by atoms with Gasteiger partial charge >= 0.3 is 6.09 Å². The predicted octanol–water partition coefficient (Wildman–Crippen LogP) is 4.50. The van der Waals surface area contributed by atoms with Crippen LogP contribution in [0.5, 0.6) is 0 Å². The van der Waals surface area contributed by atoms with E-state index < -0.39 is 11.7 Å². The summed E-state index contributed by atoms with van der Waals surface area (Å²) in [6.45, 7) is 5.46. The lowest BCUT2D eigenvalue weighted by Gasteiger charge is -2.20. The molecule has 5 nitrogen and oxygen atoms in total. The highest BCUT2D eigenvalue weighted by Gasteiger charge is 2.17. The van der Waals surface area contributed by atoms with E-state index in [9.17, 15) is 4.79 Å². The summed E-state index contributed by atoms with van der Waals surface area (Å²) in [7, 11) is 0. The number of carbonyl (C=O) groups excluding carboxylic acids is 1. The Bertz CT molecular complexity index is 943. The molecule has 0 fully saturated rings. The molecule has 0 radical (unpaired) electrons. The highest BCUT2D eigenvalue weighted by molar-refractivity contribution is 6.08. The zero-order chi connectivity index (χ0) is 17.5. The number of hydrogen-bond donors (Lipinski definition) is 3. The number of nitrogens with one attached hydrogen (secondary N) is 1. The van der Waals surface area contributed by atoms with Crippen LogP contribution in [0.25, 0.3) is 21.5 Å². The summed E-state index contributed by atoms with van der Waals surface area (Å²) in [6.07, 6.45) is -0.508. The lowest BCUT2D eigenvalue weighted by Crippen LogP contribution is -2.27. The smallest absolute Gasteiger partial charge is 0.412 e. The van der Waals surface area contributed by atoms with Gasteiger partial charge in [0, 0.05) is 16.8 Å². The van der Waals surface area contributed by atoms with E-state index in [4.69, 9.17) is 16.2 Å². The zero-order valence-corrected chi connectivity index (χ0v) is 14.0. The lowest BCUT2D eigenvalue weighted by atomic mass is 10.0. The molecule has 3 aromatic carbocycles. The molecule has 0 aliphatic rings. The maximum absolute atomic E-state index is 12.1.